The van der Waals surface area contributed by atoms with Crippen molar-refractivity contribution in [3.8, 4) is 0 Å². The Morgan fingerprint density at radius 2 is 0.880 bits per heavy atom. The summed E-state index contributed by atoms with van der Waals surface area (Å²) in [5, 5.41) is 0. The van der Waals surface area contributed by atoms with Gasteiger partial charge in [0.2, 0.25) is 0 Å². The van der Waals surface area contributed by atoms with E-state index < -0.39 is 7.92 Å². The molecule has 0 amide bonds. The fourth-order valence-corrected chi connectivity index (χ4v) is 4.81. The summed E-state index contributed by atoms with van der Waals surface area (Å²) in [7, 11) is -0.845. The van der Waals surface area contributed by atoms with Crippen molar-refractivity contribution in [2.75, 3.05) is 0 Å². The molecule has 3 aromatic heterocycles. The maximum absolute atomic E-state index is 4.90. The van der Waals surface area contributed by atoms with Crippen LogP contribution in [0.2, 0.25) is 0 Å². The van der Waals surface area contributed by atoms with Crippen molar-refractivity contribution < 1.29 is 0 Å². The van der Waals surface area contributed by atoms with Crippen molar-refractivity contribution >= 4 is 24.2 Å². The molecule has 0 unspecified atom stereocenters. The van der Waals surface area contributed by atoms with Gasteiger partial charge in [-0.25, -0.2) is 0 Å². The van der Waals surface area contributed by atoms with E-state index in [9.17, 15) is 0 Å². The Morgan fingerprint density at radius 3 is 1.16 bits per heavy atom. The van der Waals surface area contributed by atoms with Crippen LogP contribution in [0, 0.1) is 0 Å². The first-order valence-electron chi connectivity index (χ1n) is 8.93. The smallest absolute Gasteiger partial charge is 0.0756 e. The summed E-state index contributed by atoms with van der Waals surface area (Å²) in [4.78, 5) is 14.7. The average molecular weight is 349 g/mol. The second kappa shape index (κ2) is 8.31. The molecule has 0 atom stereocenters. The molecule has 3 rings (SSSR count). The van der Waals surface area contributed by atoms with E-state index in [4.69, 9.17) is 15.0 Å². The molecule has 0 bridgehead atoms. The van der Waals surface area contributed by atoms with Gasteiger partial charge in [-0.1, -0.05) is 39.0 Å². The van der Waals surface area contributed by atoms with E-state index in [0.717, 1.165) is 52.6 Å². The normalized spacial score (nSPS) is 11.0. The van der Waals surface area contributed by atoms with Gasteiger partial charge in [0.25, 0.3) is 0 Å². The predicted molar refractivity (Wildman–Crippen MR) is 107 cm³/mol. The van der Waals surface area contributed by atoms with E-state index in [1.54, 1.807) is 0 Å². The van der Waals surface area contributed by atoms with E-state index in [0.29, 0.717) is 0 Å². The van der Waals surface area contributed by atoms with Gasteiger partial charge >= 0.3 is 0 Å². The summed E-state index contributed by atoms with van der Waals surface area (Å²) in [5.41, 5.74) is 6.58. The van der Waals surface area contributed by atoms with Crippen LogP contribution in [-0.4, -0.2) is 15.0 Å². The van der Waals surface area contributed by atoms with E-state index in [1.165, 1.54) is 0 Å². The molecule has 25 heavy (non-hydrogen) atoms. The zero-order valence-corrected chi connectivity index (χ0v) is 16.0. The molecular weight excluding hydrogens is 325 g/mol. The Hall–Kier alpha value is -2.12. The van der Waals surface area contributed by atoms with E-state index >= 15 is 0 Å². The van der Waals surface area contributed by atoms with Gasteiger partial charge in [-0.05, 0) is 55.7 Å². The highest BCUT2D eigenvalue weighted by molar-refractivity contribution is 7.79. The Kier molecular flexibility index (Phi) is 5.88. The minimum atomic E-state index is -0.845. The van der Waals surface area contributed by atoms with Crippen LogP contribution in [0.5, 0.6) is 0 Å². The second-order valence-corrected chi connectivity index (χ2v) is 7.90. The van der Waals surface area contributed by atoms with Gasteiger partial charge in [-0.15, -0.1) is 0 Å². The van der Waals surface area contributed by atoms with Crippen LogP contribution in [0.25, 0.3) is 0 Å². The molecule has 4 heteroatoms. The number of aryl methyl sites for hydroxylation is 3. The summed E-state index contributed by atoms with van der Waals surface area (Å²) < 4.78 is 0. The van der Waals surface area contributed by atoms with Crippen molar-refractivity contribution in [3.63, 3.8) is 0 Å². The number of hydrogen-bond donors (Lipinski definition) is 0. The molecular formula is C21H24N3P. The van der Waals surface area contributed by atoms with Crippen LogP contribution in [-0.2, 0) is 19.3 Å². The molecule has 0 radical (unpaired) electrons. The lowest BCUT2D eigenvalue weighted by Gasteiger charge is -2.18. The third kappa shape index (κ3) is 4.11. The standard InChI is InChI=1S/C21H24N3P/c1-4-16-10-7-13-19(22-16)25(20-14-8-11-17(5-2)23-20)21-15-9-12-18(6-3)24-21/h7-15H,4-6H2,1-3H3. The van der Waals surface area contributed by atoms with Crippen LogP contribution in [0.4, 0.5) is 0 Å². The van der Waals surface area contributed by atoms with Gasteiger partial charge in [0.05, 0.1) is 16.3 Å². The monoisotopic (exact) mass is 349 g/mol. The summed E-state index contributed by atoms with van der Waals surface area (Å²) in [5.74, 6) is 0. The lowest BCUT2D eigenvalue weighted by atomic mass is 10.3. The number of hydrogen-bond acceptors (Lipinski definition) is 3. The SMILES string of the molecule is CCc1cccc(P(c2cccc(CC)n2)c2cccc(CC)n2)n1. The summed E-state index contributed by atoms with van der Waals surface area (Å²) in [6.07, 6.45) is 2.80. The summed E-state index contributed by atoms with van der Waals surface area (Å²) in [6.45, 7) is 6.42. The highest BCUT2D eigenvalue weighted by Gasteiger charge is 2.21. The van der Waals surface area contributed by atoms with Crippen molar-refractivity contribution in [3.05, 3.63) is 71.7 Å². The van der Waals surface area contributed by atoms with Gasteiger partial charge in [0.1, 0.15) is 0 Å². The molecule has 0 aromatic carbocycles. The van der Waals surface area contributed by atoms with Gasteiger partial charge in [0, 0.05) is 25.0 Å². The molecule has 0 saturated carbocycles. The maximum atomic E-state index is 4.90. The highest BCUT2D eigenvalue weighted by atomic mass is 31.1. The fraction of sp³-hybridized carbons (Fsp3) is 0.286. The average Bonchev–Trinajstić information content (AvgIpc) is 2.68. The Labute approximate surface area is 151 Å². The van der Waals surface area contributed by atoms with E-state index in [1.807, 2.05) is 0 Å². The van der Waals surface area contributed by atoms with Crippen molar-refractivity contribution in [1.29, 1.82) is 0 Å². The van der Waals surface area contributed by atoms with E-state index in [2.05, 4.69) is 75.4 Å². The van der Waals surface area contributed by atoms with Gasteiger partial charge in [-0.2, -0.15) is 0 Å². The molecule has 0 saturated heterocycles. The molecule has 0 aliphatic rings. The van der Waals surface area contributed by atoms with E-state index in [-0.39, 0.29) is 0 Å². The lowest BCUT2D eigenvalue weighted by molar-refractivity contribution is 1.04. The first kappa shape index (κ1) is 17.7. The Morgan fingerprint density at radius 1 is 0.560 bits per heavy atom. The second-order valence-electron chi connectivity index (χ2n) is 5.86. The van der Waals surface area contributed by atoms with Crippen molar-refractivity contribution in [1.82, 2.24) is 15.0 Å². The number of nitrogens with zero attached hydrogens (tertiary/aromatic N) is 3. The summed E-state index contributed by atoms with van der Waals surface area (Å²) >= 11 is 0. The van der Waals surface area contributed by atoms with Gasteiger partial charge < -0.3 is 0 Å². The Balaban J connectivity index is 2.16. The Bertz CT molecular complexity index is 735. The van der Waals surface area contributed by atoms with Crippen molar-refractivity contribution in [2.45, 2.75) is 40.0 Å². The molecule has 0 aliphatic heterocycles. The first-order chi connectivity index (χ1) is 12.2. The third-order valence-electron chi connectivity index (χ3n) is 4.15. The van der Waals surface area contributed by atoms with Crippen molar-refractivity contribution in [2.24, 2.45) is 0 Å². The predicted octanol–water partition coefficient (Wildman–Crippen LogP) is 3.32. The molecule has 0 aliphatic carbocycles. The van der Waals surface area contributed by atoms with Crippen LogP contribution in [0.1, 0.15) is 37.9 Å². The molecule has 3 aromatic rings. The summed E-state index contributed by atoms with van der Waals surface area (Å²) in [6, 6.07) is 18.9. The molecule has 128 valence electrons. The zero-order chi connectivity index (χ0) is 17.6. The molecule has 0 N–H and O–H groups in total. The zero-order valence-electron chi connectivity index (χ0n) is 15.1. The quantitative estimate of drug-likeness (QED) is 0.641. The first-order valence-corrected chi connectivity index (χ1v) is 10.3. The molecule has 0 fully saturated rings. The fourth-order valence-electron chi connectivity index (χ4n) is 2.72. The lowest BCUT2D eigenvalue weighted by Crippen LogP contribution is -2.27. The van der Waals surface area contributed by atoms with Gasteiger partial charge in [-0.3, -0.25) is 15.0 Å². The molecule has 3 heterocycles. The number of rotatable bonds is 6. The maximum Gasteiger partial charge on any atom is 0.0756 e. The molecule has 0 spiro atoms. The van der Waals surface area contributed by atoms with Crippen LogP contribution in [0.3, 0.4) is 0 Å². The van der Waals surface area contributed by atoms with Crippen LogP contribution >= 0.6 is 7.92 Å². The minimum Gasteiger partial charge on any atom is -0.252 e. The van der Waals surface area contributed by atoms with Crippen LogP contribution < -0.4 is 16.3 Å². The molecule has 3 nitrogen and oxygen atoms in total. The largest absolute Gasteiger partial charge is 0.252 e. The third-order valence-corrected chi connectivity index (χ3v) is 6.27. The highest BCUT2D eigenvalue weighted by Crippen LogP contribution is 2.30. The van der Waals surface area contributed by atoms with Gasteiger partial charge in [0.15, 0.2) is 0 Å². The minimum absolute atomic E-state index is 0.845. The number of pyridine rings is 3. The topological polar surface area (TPSA) is 38.7 Å². The van der Waals surface area contributed by atoms with Crippen LogP contribution in [0.15, 0.2) is 54.6 Å². The number of aromatic nitrogens is 3.